The normalized spacial score (nSPS) is 9.36. The zero-order chi connectivity index (χ0) is 10.6. The predicted molar refractivity (Wildman–Crippen MR) is 46.8 cm³/mol. The van der Waals surface area contributed by atoms with Crippen molar-refractivity contribution in [1.29, 1.82) is 0 Å². The van der Waals surface area contributed by atoms with Crippen LogP contribution in [-0.4, -0.2) is 30.1 Å². The predicted octanol–water partition coefficient (Wildman–Crippen LogP) is -0.903. The highest BCUT2D eigenvalue weighted by Crippen LogP contribution is 2.15. The first-order chi connectivity index (χ1) is 6.72. The Labute approximate surface area is 80.2 Å². The van der Waals surface area contributed by atoms with Gasteiger partial charge in [0.25, 0.3) is 5.91 Å². The lowest BCUT2D eigenvalue weighted by Gasteiger charge is -2.06. The van der Waals surface area contributed by atoms with Gasteiger partial charge in [0.1, 0.15) is 0 Å². The molecule has 0 spiro atoms. The van der Waals surface area contributed by atoms with Crippen molar-refractivity contribution in [2.45, 2.75) is 0 Å². The van der Waals surface area contributed by atoms with Crippen LogP contribution in [0, 0.1) is 0 Å². The van der Waals surface area contributed by atoms with Gasteiger partial charge in [-0.1, -0.05) is 0 Å². The summed E-state index contributed by atoms with van der Waals surface area (Å²) in [4.78, 5) is 18.8. The van der Waals surface area contributed by atoms with Gasteiger partial charge in [0.2, 0.25) is 11.8 Å². The van der Waals surface area contributed by atoms with Crippen molar-refractivity contribution < 1.29 is 14.3 Å². The lowest BCUT2D eigenvalue weighted by molar-refractivity contribution is 0.0944. The number of nitrogen functional groups attached to an aromatic ring is 1. The average molecular weight is 198 g/mol. The van der Waals surface area contributed by atoms with Gasteiger partial charge >= 0.3 is 0 Å². The fourth-order valence-electron chi connectivity index (χ4n) is 0.822. The van der Waals surface area contributed by atoms with Gasteiger partial charge in [-0.05, 0) is 0 Å². The Hall–Kier alpha value is -1.89. The van der Waals surface area contributed by atoms with E-state index in [-0.39, 0.29) is 17.5 Å². The Morgan fingerprint density at radius 3 is 2.71 bits per heavy atom. The smallest absolute Gasteiger partial charge is 0.289 e. The number of carbonyl (C=O) groups excluding carboxylic acids is 1. The molecule has 0 radical (unpaired) electrons. The van der Waals surface area contributed by atoms with Crippen molar-refractivity contribution in [1.82, 2.24) is 15.4 Å². The molecule has 1 aromatic rings. The molecular weight excluding hydrogens is 188 g/mol. The van der Waals surface area contributed by atoms with Gasteiger partial charge in [0.15, 0.2) is 5.69 Å². The van der Waals surface area contributed by atoms with Crippen LogP contribution >= 0.6 is 0 Å². The van der Waals surface area contributed by atoms with E-state index < -0.39 is 5.91 Å². The summed E-state index contributed by atoms with van der Waals surface area (Å²) in [7, 11) is 2.81. The van der Waals surface area contributed by atoms with Crippen molar-refractivity contribution in [2.75, 3.05) is 14.2 Å². The highest BCUT2D eigenvalue weighted by molar-refractivity contribution is 5.93. The third-order valence-electron chi connectivity index (χ3n) is 1.47. The molecule has 0 atom stereocenters. The maximum absolute atomic E-state index is 11.1. The monoisotopic (exact) mass is 198 g/mol. The Morgan fingerprint density at radius 2 is 2.21 bits per heavy atom. The molecule has 14 heavy (non-hydrogen) atoms. The van der Waals surface area contributed by atoms with Gasteiger partial charge in [0.05, 0.1) is 20.4 Å². The topological polar surface area (TPSA) is 99.4 Å². The zero-order valence-corrected chi connectivity index (χ0v) is 7.77. The number of hydrogen-bond donors (Lipinski definition) is 2. The van der Waals surface area contributed by atoms with E-state index in [0.29, 0.717) is 0 Å². The Morgan fingerprint density at radius 1 is 1.50 bits per heavy atom. The summed E-state index contributed by atoms with van der Waals surface area (Å²) in [5.41, 5.74) is 1.94. The van der Waals surface area contributed by atoms with E-state index in [1.807, 2.05) is 5.43 Å². The molecule has 0 saturated heterocycles. The van der Waals surface area contributed by atoms with Crippen LogP contribution < -0.4 is 20.7 Å². The zero-order valence-electron chi connectivity index (χ0n) is 7.77. The molecule has 0 bridgehead atoms. The molecular formula is C7H10N4O3. The first-order valence-corrected chi connectivity index (χ1v) is 3.69. The molecule has 0 unspecified atom stereocenters. The lowest BCUT2D eigenvalue weighted by Crippen LogP contribution is -2.31. The summed E-state index contributed by atoms with van der Waals surface area (Å²) in [5, 5.41) is 0. The Bertz CT molecular complexity index is 342. The van der Waals surface area contributed by atoms with Gasteiger partial charge in [-0.3, -0.25) is 10.2 Å². The minimum atomic E-state index is -0.572. The van der Waals surface area contributed by atoms with E-state index >= 15 is 0 Å². The molecule has 7 nitrogen and oxygen atoms in total. The molecule has 0 aliphatic rings. The number of hydrogen-bond acceptors (Lipinski definition) is 6. The summed E-state index contributed by atoms with van der Waals surface area (Å²) in [6, 6.07) is 0. The van der Waals surface area contributed by atoms with E-state index in [4.69, 9.17) is 15.3 Å². The minimum absolute atomic E-state index is 0.0100. The van der Waals surface area contributed by atoms with Gasteiger partial charge in [-0.15, -0.1) is 0 Å². The number of nitrogens with two attached hydrogens (primary N) is 1. The van der Waals surface area contributed by atoms with E-state index in [9.17, 15) is 4.79 Å². The molecule has 0 aromatic carbocycles. The highest BCUT2D eigenvalue weighted by atomic mass is 16.5. The quantitative estimate of drug-likeness (QED) is 0.371. The van der Waals surface area contributed by atoms with Crippen molar-refractivity contribution in [2.24, 2.45) is 5.84 Å². The van der Waals surface area contributed by atoms with E-state index in [2.05, 4.69) is 9.97 Å². The Balaban J connectivity index is 3.11. The van der Waals surface area contributed by atoms with Crippen LogP contribution in [0.2, 0.25) is 0 Å². The molecule has 7 heteroatoms. The number of aromatic nitrogens is 2. The fourth-order valence-corrected chi connectivity index (χ4v) is 0.822. The second kappa shape index (κ2) is 4.38. The first-order valence-electron chi connectivity index (χ1n) is 3.69. The Kier molecular flexibility index (Phi) is 3.19. The van der Waals surface area contributed by atoms with Crippen LogP contribution in [0.5, 0.6) is 11.8 Å². The molecule has 1 amide bonds. The summed E-state index contributed by atoms with van der Waals surface area (Å²) in [5.74, 6) is 4.69. The molecule has 0 aliphatic heterocycles. The maximum Gasteiger partial charge on any atom is 0.289 e. The number of methoxy groups -OCH3 is 2. The summed E-state index contributed by atoms with van der Waals surface area (Å²) >= 11 is 0. The van der Waals surface area contributed by atoms with Crippen molar-refractivity contribution in [3.05, 3.63) is 11.9 Å². The number of nitrogens with one attached hydrogen (secondary N) is 1. The number of ether oxygens (including phenoxy) is 2. The summed E-state index contributed by atoms with van der Waals surface area (Å²) in [6.45, 7) is 0. The van der Waals surface area contributed by atoms with Gasteiger partial charge in [-0.25, -0.2) is 10.8 Å². The van der Waals surface area contributed by atoms with Crippen LogP contribution in [0.3, 0.4) is 0 Å². The van der Waals surface area contributed by atoms with Gasteiger partial charge < -0.3 is 9.47 Å². The van der Waals surface area contributed by atoms with Crippen LogP contribution in [0.4, 0.5) is 0 Å². The number of nitrogens with zero attached hydrogens (tertiary/aromatic N) is 2. The highest BCUT2D eigenvalue weighted by Gasteiger charge is 2.15. The van der Waals surface area contributed by atoms with E-state index in [1.54, 1.807) is 0 Å². The largest absolute Gasteiger partial charge is 0.480 e. The van der Waals surface area contributed by atoms with Crippen LogP contribution in [0.15, 0.2) is 6.20 Å². The molecule has 0 fully saturated rings. The maximum atomic E-state index is 11.1. The van der Waals surface area contributed by atoms with E-state index in [0.717, 1.165) is 0 Å². The number of amides is 1. The first kappa shape index (κ1) is 10.2. The number of rotatable bonds is 3. The fraction of sp³-hybridized carbons (Fsp3) is 0.286. The van der Waals surface area contributed by atoms with Crippen molar-refractivity contribution in [3.8, 4) is 11.8 Å². The molecule has 1 aromatic heterocycles. The van der Waals surface area contributed by atoms with Crippen molar-refractivity contribution >= 4 is 5.91 Å². The van der Waals surface area contributed by atoms with Crippen molar-refractivity contribution in [3.63, 3.8) is 0 Å². The molecule has 3 N–H and O–H groups in total. The summed E-state index contributed by atoms with van der Waals surface area (Å²) in [6.07, 6.45) is 1.30. The lowest BCUT2D eigenvalue weighted by atomic mass is 10.4. The average Bonchev–Trinajstić information content (AvgIpc) is 2.27. The standard InChI is InChI=1S/C7H10N4O3/c1-13-4-3-9-5(6(12)11-8)7(10-4)14-2/h3H,8H2,1-2H3,(H,11,12). The molecule has 0 aliphatic carbocycles. The second-order valence-electron chi connectivity index (χ2n) is 2.24. The molecule has 0 saturated carbocycles. The minimum Gasteiger partial charge on any atom is -0.480 e. The van der Waals surface area contributed by atoms with Gasteiger partial charge in [0, 0.05) is 0 Å². The molecule has 1 heterocycles. The third-order valence-corrected chi connectivity index (χ3v) is 1.47. The molecule has 76 valence electrons. The number of carbonyl (C=O) groups is 1. The van der Waals surface area contributed by atoms with Crippen LogP contribution in [-0.2, 0) is 0 Å². The SMILES string of the molecule is COc1cnc(C(=O)NN)c(OC)n1. The van der Waals surface area contributed by atoms with Crippen LogP contribution in [0.1, 0.15) is 10.5 Å². The summed E-state index contributed by atoms with van der Waals surface area (Å²) < 4.78 is 9.65. The van der Waals surface area contributed by atoms with Crippen LogP contribution in [0.25, 0.3) is 0 Å². The second-order valence-corrected chi connectivity index (χ2v) is 2.24. The number of hydrazine groups is 1. The van der Waals surface area contributed by atoms with E-state index in [1.165, 1.54) is 20.4 Å². The van der Waals surface area contributed by atoms with Gasteiger partial charge in [-0.2, -0.15) is 4.98 Å². The third kappa shape index (κ3) is 1.88. The molecule has 1 rings (SSSR count).